The van der Waals surface area contributed by atoms with E-state index in [0.717, 1.165) is 48.2 Å². The molecule has 1 heterocycles. The van der Waals surface area contributed by atoms with Gasteiger partial charge in [-0.1, -0.05) is 48.5 Å². The molecule has 35 heavy (non-hydrogen) atoms. The number of alkyl carbamates (subject to hydrolysis) is 1. The first-order valence-electron chi connectivity index (χ1n) is 12.4. The fraction of sp³-hybridized carbons (Fsp3) is 0.519. The predicted octanol–water partition coefficient (Wildman–Crippen LogP) is 4.10. The average Bonchev–Trinajstić information content (AvgIpc) is 3.10. The number of benzene rings is 2. The first-order valence-corrected chi connectivity index (χ1v) is 14.1. The van der Waals surface area contributed by atoms with E-state index in [2.05, 4.69) is 53.1 Å². The van der Waals surface area contributed by atoms with E-state index in [1.807, 2.05) is 24.3 Å². The number of sulfonamides is 1. The summed E-state index contributed by atoms with van der Waals surface area (Å²) in [5.74, 6) is -0.257. The van der Waals surface area contributed by atoms with Crippen molar-refractivity contribution >= 4 is 16.1 Å². The standard InChI is InChI=1S/C27H37N3O4S/c1-19(2)30-15-13-20(14-16-30)29-35(32,33)18-27(3,4)28-26(31)34-17-25-23-11-7-5-9-21(23)22-10-6-8-12-24(22)25/h5-12,19-20,25,29H,13-18H2,1-4H3,(H,28,31). The molecule has 1 aliphatic heterocycles. The van der Waals surface area contributed by atoms with Gasteiger partial charge < -0.3 is 15.0 Å². The van der Waals surface area contributed by atoms with Gasteiger partial charge >= 0.3 is 6.09 Å². The molecule has 190 valence electrons. The van der Waals surface area contributed by atoms with Crippen LogP contribution >= 0.6 is 0 Å². The molecule has 1 saturated heterocycles. The number of ether oxygens (including phenoxy) is 1. The zero-order valence-corrected chi connectivity index (χ0v) is 21.9. The molecule has 0 saturated carbocycles. The van der Waals surface area contributed by atoms with Crippen molar-refractivity contribution < 1.29 is 17.9 Å². The van der Waals surface area contributed by atoms with E-state index in [9.17, 15) is 13.2 Å². The van der Waals surface area contributed by atoms with E-state index in [4.69, 9.17) is 4.74 Å². The van der Waals surface area contributed by atoms with Crippen LogP contribution in [0.4, 0.5) is 4.79 Å². The van der Waals surface area contributed by atoms with E-state index >= 15 is 0 Å². The SMILES string of the molecule is CC(C)N1CCC(NS(=O)(=O)CC(C)(C)NC(=O)OCC2c3ccccc3-c3ccccc32)CC1. The number of piperidine rings is 1. The van der Waals surface area contributed by atoms with E-state index in [0.29, 0.717) is 6.04 Å². The molecule has 2 aromatic carbocycles. The zero-order valence-electron chi connectivity index (χ0n) is 21.1. The molecule has 7 nitrogen and oxygen atoms in total. The average molecular weight is 500 g/mol. The molecule has 0 aromatic heterocycles. The van der Waals surface area contributed by atoms with Crippen LogP contribution in [0.1, 0.15) is 57.6 Å². The number of amides is 1. The molecule has 0 unspecified atom stereocenters. The second kappa shape index (κ2) is 10.3. The van der Waals surface area contributed by atoms with Gasteiger partial charge in [0, 0.05) is 18.0 Å². The van der Waals surface area contributed by atoms with Gasteiger partial charge in [0.05, 0.1) is 11.3 Å². The van der Waals surface area contributed by atoms with Gasteiger partial charge in [0.15, 0.2) is 0 Å². The second-order valence-electron chi connectivity index (χ2n) is 10.6. The largest absolute Gasteiger partial charge is 0.449 e. The molecule has 1 amide bonds. The van der Waals surface area contributed by atoms with Gasteiger partial charge in [0.1, 0.15) is 6.61 Å². The summed E-state index contributed by atoms with van der Waals surface area (Å²) in [4.78, 5) is 15.0. The third-order valence-electron chi connectivity index (χ3n) is 6.94. The van der Waals surface area contributed by atoms with E-state index in [1.54, 1.807) is 13.8 Å². The predicted molar refractivity (Wildman–Crippen MR) is 139 cm³/mol. The van der Waals surface area contributed by atoms with Crippen molar-refractivity contribution in [3.05, 3.63) is 59.7 Å². The van der Waals surface area contributed by atoms with Gasteiger partial charge in [0.25, 0.3) is 0 Å². The Balaban J connectivity index is 1.31. The summed E-state index contributed by atoms with van der Waals surface area (Å²) in [6.45, 7) is 9.67. The summed E-state index contributed by atoms with van der Waals surface area (Å²) in [5, 5.41) is 2.75. The van der Waals surface area contributed by atoms with E-state index < -0.39 is 21.7 Å². The number of nitrogens with zero attached hydrogens (tertiary/aromatic N) is 1. The summed E-state index contributed by atoms with van der Waals surface area (Å²) in [6, 6.07) is 16.7. The minimum atomic E-state index is -3.57. The molecular formula is C27H37N3O4S. The Morgan fingerprint density at radius 1 is 1.03 bits per heavy atom. The minimum Gasteiger partial charge on any atom is -0.449 e. The van der Waals surface area contributed by atoms with Gasteiger partial charge in [-0.15, -0.1) is 0 Å². The molecule has 0 spiro atoms. The smallest absolute Gasteiger partial charge is 0.407 e. The first kappa shape index (κ1) is 25.7. The number of nitrogens with one attached hydrogen (secondary N) is 2. The van der Waals surface area contributed by atoms with Gasteiger partial charge in [-0.2, -0.15) is 0 Å². The molecule has 0 radical (unpaired) electrons. The van der Waals surface area contributed by atoms with Crippen LogP contribution in [0.25, 0.3) is 11.1 Å². The normalized spacial score (nSPS) is 17.3. The lowest BCUT2D eigenvalue weighted by molar-refractivity contribution is 0.135. The van der Waals surface area contributed by atoms with Crippen LogP contribution in [0.3, 0.4) is 0 Å². The monoisotopic (exact) mass is 499 g/mol. The maximum atomic E-state index is 12.8. The highest BCUT2D eigenvalue weighted by Crippen LogP contribution is 2.44. The molecule has 0 bridgehead atoms. The first-order chi connectivity index (χ1) is 16.5. The van der Waals surface area contributed by atoms with Crippen molar-refractivity contribution in [2.75, 3.05) is 25.4 Å². The van der Waals surface area contributed by atoms with E-state index in [-0.39, 0.29) is 24.3 Å². The third kappa shape index (κ3) is 6.23. The molecule has 8 heteroatoms. The van der Waals surface area contributed by atoms with Crippen LogP contribution < -0.4 is 10.0 Å². The number of carbonyl (C=O) groups is 1. The lowest BCUT2D eigenvalue weighted by Gasteiger charge is -2.35. The van der Waals surface area contributed by atoms with Crippen molar-refractivity contribution in [1.82, 2.24) is 14.9 Å². The lowest BCUT2D eigenvalue weighted by atomic mass is 9.98. The Labute approximate surface area is 209 Å². The van der Waals surface area contributed by atoms with Crippen molar-refractivity contribution in [3.63, 3.8) is 0 Å². The molecule has 2 N–H and O–H groups in total. The van der Waals surface area contributed by atoms with Crippen molar-refractivity contribution in [1.29, 1.82) is 0 Å². The van der Waals surface area contributed by atoms with Gasteiger partial charge in [-0.3, -0.25) is 0 Å². The molecule has 0 atom stereocenters. The van der Waals surface area contributed by atoms with Crippen LogP contribution in [0.2, 0.25) is 0 Å². The molecular weight excluding hydrogens is 462 g/mol. The summed E-state index contributed by atoms with van der Waals surface area (Å²) >= 11 is 0. The molecule has 4 rings (SSSR count). The third-order valence-corrected chi connectivity index (χ3v) is 8.74. The number of hydrogen-bond acceptors (Lipinski definition) is 5. The van der Waals surface area contributed by atoms with Crippen molar-refractivity contribution in [3.8, 4) is 11.1 Å². The Morgan fingerprint density at radius 2 is 1.57 bits per heavy atom. The van der Waals surface area contributed by atoms with Crippen LogP contribution in [0, 0.1) is 0 Å². The van der Waals surface area contributed by atoms with Crippen LogP contribution in [0.5, 0.6) is 0 Å². The van der Waals surface area contributed by atoms with Gasteiger partial charge in [0.2, 0.25) is 10.0 Å². The summed E-state index contributed by atoms with van der Waals surface area (Å²) in [6.07, 6.45) is 0.965. The summed E-state index contributed by atoms with van der Waals surface area (Å²) < 4.78 is 34.1. The summed E-state index contributed by atoms with van der Waals surface area (Å²) in [7, 11) is -3.57. The highest BCUT2D eigenvalue weighted by atomic mass is 32.2. The minimum absolute atomic E-state index is 0.0432. The number of carbonyl (C=O) groups excluding carboxylic acids is 1. The fourth-order valence-corrected chi connectivity index (χ4v) is 7.10. The Morgan fingerprint density at radius 3 is 2.11 bits per heavy atom. The topological polar surface area (TPSA) is 87.7 Å². The lowest BCUT2D eigenvalue weighted by Crippen LogP contribution is -2.53. The van der Waals surface area contributed by atoms with Crippen LogP contribution in [-0.4, -0.2) is 62.5 Å². The van der Waals surface area contributed by atoms with Crippen LogP contribution in [0.15, 0.2) is 48.5 Å². The number of rotatable bonds is 8. The maximum absolute atomic E-state index is 12.8. The van der Waals surface area contributed by atoms with Crippen molar-refractivity contribution in [2.24, 2.45) is 0 Å². The highest BCUT2D eigenvalue weighted by Gasteiger charge is 2.33. The maximum Gasteiger partial charge on any atom is 0.407 e. The highest BCUT2D eigenvalue weighted by molar-refractivity contribution is 7.89. The molecule has 2 aliphatic rings. The number of likely N-dealkylation sites (tertiary alicyclic amines) is 1. The Hall–Kier alpha value is -2.42. The van der Waals surface area contributed by atoms with Crippen LogP contribution in [-0.2, 0) is 14.8 Å². The van der Waals surface area contributed by atoms with E-state index in [1.165, 1.54) is 0 Å². The zero-order chi connectivity index (χ0) is 25.2. The Kier molecular flexibility index (Phi) is 7.54. The van der Waals surface area contributed by atoms with Gasteiger partial charge in [-0.25, -0.2) is 17.9 Å². The number of fused-ring (bicyclic) bond motifs is 3. The van der Waals surface area contributed by atoms with Crippen molar-refractivity contribution in [2.45, 2.75) is 64.1 Å². The molecule has 1 aliphatic carbocycles. The fourth-order valence-electron chi connectivity index (χ4n) is 5.25. The Bertz CT molecular complexity index is 1110. The second-order valence-corrected chi connectivity index (χ2v) is 12.4. The molecule has 1 fully saturated rings. The molecule has 2 aromatic rings. The van der Waals surface area contributed by atoms with Gasteiger partial charge in [-0.05, 0) is 75.9 Å². The quantitative estimate of drug-likeness (QED) is 0.571. The number of hydrogen-bond donors (Lipinski definition) is 2. The summed E-state index contributed by atoms with van der Waals surface area (Å²) in [5.41, 5.74) is 3.61.